The van der Waals surface area contributed by atoms with Gasteiger partial charge in [-0.2, -0.15) is 5.10 Å². The van der Waals surface area contributed by atoms with Gasteiger partial charge in [-0.05, 0) is 25.8 Å². The first-order chi connectivity index (χ1) is 11.6. The maximum atomic E-state index is 12.3. The molecule has 2 amide bonds. The van der Waals surface area contributed by atoms with Crippen LogP contribution in [0.15, 0.2) is 12.4 Å². The summed E-state index contributed by atoms with van der Waals surface area (Å²) in [4.78, 5) is 30.2. The molecule has 0 spiro atoms. The molecule has 1 fully saturated rings. The number of carbonyl (C=O) groups excluding carboxylic acids is 2. The summed E-state index contributed by atoms with van der Waals surface area (Å²) in [6, 6.07) is 1.63. The fourth-order valence-electron chi connectivity index (χ4n) is 2.69. The highest BCUT2D eigenvalue weighted by atomic mass is 16.2. The molecular weight excluding hydrogens is 310 g/mol. The number of aromatic amines is 1. The fourth-order valence-corrected chi connectivity index (χ4v) is 2.69. The Bertz CT molecular complexity index is 713. The molecule has 128 valence electrons. The highest BCUT2D eigenvalue weighted by molar-refractivity contribution is 6.01. The number of anilines is 1. The average Bonchev–Trinajstić information content (AvgIpc) is 3.08. The Kier molecular flexibility index (Phi) is 4.88. The van der Waals surface area contributed by atoms with E-state index in [4.69, 9.17) is 0 Å². The summed E-state index contributed by atoms with van der Waals surface area (Å²) in [5.74, 6) is -0.206. The number of aryl methyl sites for hydroxylation is 1. The van der Waals surface area contributed by atoms with E-state index in [2.05, 4.69) is 25.6 Å². The molecule has 0 saturated carbocycles. The Morgan fingerprint density at radius 3 is 2.67 bits per heavy atom. The third kappa shape index (κ3) is 3.98. The van der Waals surface area contributed by atoms with Gasteiger partial charge in [0.05, 0.1) is 0 Å². The molecule has 9 nitrogen and oxygen atoms in total. The first kappa shape index (κ1) is 16.2. The zero-order valence-electron chi connectivity index (χ0n) is 13.7. The average molecular weight is 331 g/mol. The van der Waals surface area contributed by atoms with Crippen molar-refractivity contribution in [2.24, 2.45) is 0 Å². The van der Waals surface area contributed by atoms with Crippen LogP contribution in [0, 0.1) is 6.92 Å². The van der Waals surface area contributed by atoms with Crippen molar-refractivity contribution in [3.63, 3.8) is 0 Å². The van der Waals surface area contributed by atoms with Crippen molar-refractivity contribution in [1.82, 2.24) is 29.9 Å². The summed E-state index contributed by atoms with van der Waals surface area (Å²) in [6.07, 6.45) is 5.90. The molecule has 2 N–H and O–H groups in total. The van der Waals surface area contributed by atoms with Crippen molar-refractivity contribution >= 4 is 17.8 Å². The maximum absolute atomic E-state index is 12.3. The highest BCUT2D eigenvalue weighted by Gasteiger charge is 2.17. The van der Waals surface area contributed by atoms with Crippen LogP contribution in [0.2, 0.25) is 0 Å². The molecule has 0 bridgehead atoms. The van der Waals surface area contributed by atoms with Gasteiger partial charge in [0.1, 0.15) is 12.9 Å². The van der Waals surface area contributed by atoms with Crippen LogP contribution >= 0.6 is 0 Å². The number of nitrogens with zero attached hydrogens (tertiary/aromatic N) is 5. The Labute approximate surface area is 139 Å². The van der Waals surface area contributed by atoms with E-state index in [0.717, 1.165) is 31.6 Å². The van der Waals surface area contributed by atoms with Crippen molar-refractivity contribution < 1.29 is 9.59 Å². The van der Waals surface area contributed by atoms with E-state index in [-0.39, 0.29) is 24.1 Å². The second-order valence-electron chi connectivity index (χ2n) is 5.95. The zero-order valence-corrected chi connectivity index (χ0v) is 13.7. The smallest absolute Gasteiger partial charge is 0.278 e. The number of amides is 2. The van der Waals surface area contributed by atoms with Crippen molar-refractivity contribution in [2.45, 2.75) is 39.2 Å². The second kappa shape index (κ2) is 7.24. The number of hydrogen-bond donors (Lipinski definition) is 2. The molecule has 1 aliphatic rings. The van der Waals surface area contributed by atoms with E-state index in [9.17, 15) is 9.59 Å². The van der Waals surface area contributed by atoms with Gasteiger partial charge in [0, 0.05) is 18.8 Å². The minimum atomic E-state index is -0.393. The van der Waals surface area contributed by atoms with Crippen LogP contribution in [0.1, 0.15) is 41.9 Å². The number of carbonyl (C=O) groups is 2. The van der Waals surface area contributed by atoms with E-state index in [1.165, 1.54) is 23.9 Å². The van der Waals surface area contributed by atoms with E-state index >= 15 is 0 Å². The topological polar surface area (TPSA) is 109 Å². The molecule has 24 heavy (non-hydrogen) atoms. The quantitative estimate of drug-likeness (QED) is 0.867. The zero-order chi connectivity index (χ0) is 16.9. The molecule has 3 rings (SSSR count). The molecule has 1 saturated heterocycles. The fraction of sp³-hybridized carbons (Fsp3) is 0.533. The number of H-pyrrole nitrogens is 1. The van der Waals surface area contributed by atoms with Crippen LogP contribution in [-0.4, -0.2) is 54.8 Å². The lowest BCUT2D eigenvalue weighted by Gasteiger charge is -2.19. The maximum Gasteiger partial charge on any atom is 0.278 e. The van der Waals surface area contributed by atoms with Crippen LogP contribution in [0.25, 0.3) is 0 Å². The summed E-state index contributed by atoms with van der Waals surface area (Å²) in [6.45, 7) is 3.54. The molecular formula is C15H21N7O2. The van der Waals surface area contributed by atoms with Crippen LogP contribution < -0.4 is 5.32 Å². The van der Waals surface area contributed by atoms with Gasteiger partial charge in [-0.15, -0.1) is 5.10 Å². The van der Waals surface area contributed by atoms with Gasteiger partial charge in [-0.25, -0.2) is 9.67 Å². The molecule has 0 aliphatic carbocycles. The van der Waals surface area contributed by atoms with Gasteiger partial charge in [0.15, 0.2) is 5.69 Å². The molecule has 0 radical (unpaired) electrons. The third-order valence-electron chi connectivity index (χ3n) is 3.96. The molecule has 1 aliphatic heterocycles. The molecule has 9 heteroatoms. The van der Waals surface area contributed by atoms with E-state index < -0.39 is 5.91 Å². The summed E-state index contributed by atoms with van der Waals surface area (Å²) >= 11 is 0. The van der Waals surface area contributed by atoms with Crippen molar-refractivity contribution in [2.75, 3.05) is 18.4 Å². The van der Waals surface area contributed by atoms with Crippen molar-refractivity contribution in [1.29, 1.82) is 0 Å². The van der Waals surface area contributed by atoms with Gasteiger partial charge < -0.3 is 4.90 Å². The lowest BCUT2D eigenvalue weighted by Crippen LogP contribution is -2.34. The molecule has 0 aromatic carbocycles. The molecule has 0 unspecified atom stereocenters. The van der Waals surface area contributed by atoms with Gasteiger partial charge in [0.25, 0.3) is 5.91 Å². The predicted molar refractivity (Wildman–Crippen MR) is 86.3 cm³/mol. The monoisotopic (exact) mass is 331 g/mol. The first-order valence-corrected chi connectivity index (χ1v) is 8.12. The van der Waals surface area contributed by atoms with E-state index in [0.29, 0.717) is 0 Å². The Morgan fingerprint density at radius 1 is 1.25 bits per heavy atom. The van der Waals surface area contributed by atoms with Crippen LogP contribution in [0.5, 0.6) is 0 Å². The van der Waals surface area contributed by atoms with Gasteiger partial charge >= 0.3 is 0 Å². The first-order valence-electron chi connectivity index (χ1n) is 8.12. The minimum absolute atomic E-state index is 0.0302. The summed E-state index contributed by atoms with van der Waals surface area (Å²) in [5.41, 5.74) is 1.06. The van der Waals surface area contributed by atoms with E-state index in [1.807, 2.05) is 11.8 Å². The SMILES string of the molecule is Cc1cc(C(=O)Nc2ncn(CC(=O)N3CCCCCC3)n2)n[nH]1. The summed E-state index contributed by atoms with van der Waals surface area (Å²) < 4.78 is 1.44. The van der Waals surface area contributed by atoms with Gasteiger partial charge in [-0.1, -0.05) is 12.8 Å². The standard InChI is InChI=1S/C15H21N7O2/c1-11-8-12(19-18-11)14(24)17-15-16-10-22(20-15)9-13(23)21-6-4-2-3-5-7-21/h8,10H,2-7,9H2,1H3,(H,18,19)(H,17,20,24). The Hall–Kier alpha value is -2.71. The van der Waals surface area contributed by atoms with E-state index in [1.54, 1.807) is 6.07 Å². The van der Waals surface area contributed by atoms with Crippen LogP contribution in [0.4, 0.5) is 5.95 Å². The summed E-state index contributed by atoms with van der Waals surface area (Å²) in [7, 11) is 0. The number of rotatable bonds is 4. The van der Waals surface area contributed by atoms with Gasteiger partial charge in [0.2, 0.25) is 11.9 Å². The molecule has 2 aromatic heterocycles. The number of aromatic nitrogens is 5. The summed E-state index contributed by atoms with van der Waals surface area (Å²) in [5, 5.41) is 13.3. The molecule has 0 atom stereocenters. The number of nitrogens with one attached hydrogen (secondary N) is 2. The van der Waals surface area contributed by atoms with Crippen molar-refractivity contribution in [3.8, 4) is 0 Å². The Balaban J connectivity index is 1.56. The largest absolute Gasteiger partial charge is 0.341 e. The second-order valence-corrected chi connectivity index (χ2v) is 5.95. The van der Waals surface area contributed by atoms with Crippen molar-refractivity contribution in [3.05, 3.63) is 23.8 Å². The number of likely N-dealkylation sites (tertiary alicyclic amines) is 1. The number of hydrogen-bond acceptors (Lipinski definition) is 5. The lowest BCUT2D eigenvalue weighted by atomic mass is 10.2. The van der Waals surface area contributed by atoms with Crippen LogP contribution in [0.3, 0.4) is 0 Å². The normalized spacial score (nSPS) is 15.1. The highest BCUT2D eigenvalue weighted by Crippen LogP contribution is 2.10. The van der Waals surface area contributed by atoms with Crippen LogP contribution in [-0.2, 0) is 11.3 Å². The lowest BCUT2D eigenvalue weighted by molar-refractivity contribution is -0.132. The van der Waals surface area contributed by atoms with Gasteiger partial charge in [-0.3, -0.25) is 20.0 Å². The molecule has 2 aromatic rings. The third-order valence-corrected chi connectivity index (χ3v) is 3.96. The molecule has 3 heterocycles. The Morgan fingerprint density at radius 2 is 2.00 bits per heavy atom. The predicted octanol–water partition coefficient (Wildman–Crippen LogP) is 0.965. The minimum Gasteiger partial charge on any atom is -0.341 e.